The Kier molecular flexibility index (Phi) is 3.25. The molecule has 2 atom stereocenters. The number of rotatable bonds is 3. The van der Waals surface area contributed by atoms with Crippen LogP contribution in [-0.4, -0.2) is 12.5 Å². The first-order chi connectivity index (χ1) is 7.33. The Morgan fingerprint density at radius 1 is 1.33 bits per heavy atom. The van der Waals surface area contributed by atoms with Crippen molar-refractivity contribution >= 4 is 5.91 Å². The second-order valence-corrected chi connectivity index (χ2v) is 4.78. The van der Waals surface area contributed by atoms with Gasteiger partial charge in [-0.05, 0) is 18.3 Å². The lowest BCUT2D eigenvalue weighted by molar-refractivity contribution is -0.122. The molecule has 0 aliphatic heterocycles. The molecular formula is C12H18N2O. The molecule has 0 aromatic heterocycles. The molecule has 0 unspecified atom stereocenters. The highest BCUT2D eigenvalue weighted by Crippen LogP contribution is 2.49. The minimum Gasteiger partial charge on any atom is -0.343 e. The summed E-state index contributed by atoms with van der Waals surface area (Å²) in [4.78, 5) is 11.6. The first-order valence-electron chi connectivity index (χ1n) is 5.97. The van der Waals surface area contributed by atoms with Gasteiger partial charge in [0, 0.05) is 5.92 Å². The Bertz CT molecular complexity index is 276. The lowest BCUT2D eigenvalue weighted by atomic mass is 9.85. The Morgan fingerprint density at radius 3 is 2.73 bits per heavy atom. The molecule has 0 spiro atoms. The number of hydrogen-bond acceptors (Lipinski definition) is 2. The highest BCUT2D eigenvalue weighted by molar-refractivity contribution is 5.81. The van der Waals surface area contributed by atoms with Gasteiger partial charge in [-0.25, -0.2) is 0 Å². The number of nitrogens with one attached hydrogen (secondary N) is 1. The van der Waals surface area contributed by atoms with E-state index in [1.807, 2.05) is 6.07 Å². The van der Waals surface area contributed by atoms with Crippen LogP contribution >= 0.6 is 0 Å². The fourth-order valence-corrected chi connectivity index (χ4v) is 2.86. The average Bonchev–Trinajstić information content (AvgIpc) is 3.07. The van der Waals surface area contributed by atoms with Crippen molar-refractivity contribution < 1.29 is 4.79 Å². The van der Waals surface area contributed by atoms with E-state index in [0.29, 0.717) is 5.92 Å². The zero-order valence-corrected chi connectivity index (χ0v) is 9.04. The molecule has 82 valence electrons. The molecule has 3 heteroatoms. The van der Waals surface area contributed by atoms with Crippen LogP contribution < -0.4 is 5.32 Å². The summed E-state index contributed by atoms with van der Waals surface area (Å²) < 4.78 is 0. The summed E-state index contributed by atoms with van der Waals surface area (Å²) in [6.45, 7) is 0.159. The lowest BCUT2D eigenvalue weighted by Gasteiger charge is -2.21. The van der Waals surface area contributed by atoms with Crippen LogP contribution in [0.2, 0.25) is 0 Å². The summed E-state index contributed by atoms with van der Waals surface area (Å²) in [5, 5.41) is 11.0. The average molecular weight is 206 g/mol. The molecule has 2 saturated carbocycles. The van der Waals surface area contributed by atoms with Crippen molar-refractivity contribution in [2.45, 2.75) is 38.5 Å². The Labute approximate surface area is 90.8 Å². The third-order valence-corrected chi connectivity index (χ3v) is 3.77. The molecule has 2 rings (SSSR count). The van der Waals surface area contributed by atoms with E-state index in [1.165, 1.54) is 32.1 Å². The zero-order chi connectivity index (χ0) is 10.7. The first-order valence-corrected chi connectivity index (χ1v) is 5.97. The number of nitrogens with zero attached hydrogens (tertiary/aromatic N) is 1. The molecule has 3 nitrogen and oxygen atoms in total. The van der Waals surface area contributed by atoms with E-state index in [1.54, 1.807) is 0 Å². The van der Waals surface area contributed by atoms with Gasteiger partial charge in [-0.3, -0.25) is 4.79 Å². The normalized spacial score (nSPS) is 30.6. The van der Waals surface area contributed by atoms with Crippen LogP contribution in [0.25, 0.3) is 0 Å². The van der Waals surface area contributed by atoms with Crippen molar-refractivity contribution in [3.63, 3.8) is 0 Å². The highest BCUT2D eigenvalue weighted by atomic mass is 16.2. The minimum atomic E-state index is 0.104. The van der Waals surface area contributed by atoms with Crippen molar-refractivity contribution in [2.24, 2.45) is 17.8 Å². The fourth-order valence-electron chi connectivity index (χ4n) is 2.86. The first kappa shape index (κ1) is 10.5. The van der Waals surface area contributed by atoms with E-state index in [4.69, 9.17) is 5.26 Å². The molecule has 0 saturated heterocycles. The molecule has 1 N–H and O–H groups in total. The number of carbonyl (C=O) groups excluding carboxylic acids is 1. The molecule has 0 aromatic rings. The van der Waals surface area contributed by atoms with Crippen molar-refractivity contribution in [3.05, 3.63) is 0 Å². The van der Waals surface area contributed by atoms with Crippen molar-refractivity contribution in [1.82, 2.24) is 5.32 Å². The van der Waals surface area contributed by atoms with E-state index in [-0.39, 0.29) is 18.4 Å². The maximum Gasteiger partial charge on any atom is 0.224 e. The van der Waals surface area contributed by atoms with Crippen molar-refractivity contribution in [2.75, 3.05) is 6.54 Å². The van der Waals surface area contributed by atoms with Gasteiger partial charge in [-0.2, -0.15) is 5.26 Å². The summed E-state index contributed by atoms with van der Waals surface area (Å²) >= 11 is 0. The van der Waals surface area contributed by atoms with Crippen LogP contribution in [-0.2, 0) is 4.79 Å². The van der Waals surface area contributed by atoms with Crippen molar-refractivity contribution in [3.8, 4) is 6.07 Å². The molecule has 0 heterocycles. The molecule has 15 heavy (non-hydrogen) atoms. The number of carbonyl (C=O) groups is 1. The largest absolute Gasteiger partial charge is 0.343 e. The van der Waals surface area contributed by atoms with E-state index >= 15 is 0 Å². The molecule has 2 fully saturated rings. The molecule has 1 amide bonds. The van der Waals surface area contributed by atoms with E-state index in [2.05, 4.69) is 5.32 Å². The van der Waals surface area contributed by atoms with Gasteiger partial charge in [0.1, 0.15) is 6.54 Å². The van der Waals surface area contributed by atoms with Crippen LogP contribution in [0.1, 0.15) is 38.5 Å². The Hall–Kier alpha value is -1.04. The van der Waals surface area contributed by atoms with E-state index in [0.717, 1.165) is 12.3 Å². The fraction of sp³-hybridized carbons (Fsp3) is 0.833. The highest BCUT2D eigenvalue weighted by Gasteiger charge is 2.47. The Morgan fingerprint density at radius 2 is 2.07 bits per heavy atom. The predicted molar refractivity (Wildman–Crippen MR) is 56.8 cm³/mol. The van der Waals surface area contributed by atoms with Gasteiger partial charge in [-0.1, -0.05) is 32.1 Å². The van der Waals surface area contributed by atoms with Gasteiger partial charge >= 0.3 is 0 Å². The Balaban J connectivity index is 1.75. The molecule has 2 aliphatic carbocycles. The standard InChI is InChI=1S/C12H18N2O/c13-6-7-14-12(15)11-8-10(11)9-4-2-1-3-5-9/h9-11H,1-5,7-8H2,(H,14,15)/t10-,11+/m1/s1. The minimum absolute atomic E-state index is 0.104. The van der Waals surface area contributed by atoms with Crippen LogP contribution in [0.3, 0.4) is 0 Å². The van der Waals surface area contributed by atoms with E-state index < -0.39 is 0 Å². The number of hydrogen-bond donors (Lipinski definition) is 1. The maximum atomic E-state index is 11.6. The van der Waals surface area contributed by atoms with Crippen LogP contribution in [0.5, 0.6) is 0 Å². The quantitative estimate of drug-likeness (QED) is 0.716. The lowest BCUT2D eigenvalue weighted by Crippen LogP contribution is -2.26. The summed E-state index contributed by atoms with van der Waals surface area (Å²) in [5.41, 5.74) is 0. The summed E-state index contributed by atoms with van der Waals surface area (Å²) in [6, 6.07) is 1.94. The number of nitriles is 1. The number of amides is 1. The molecule has 0 radical (unpaired) electrons. The topological polar surface area (TPSA) is 52.9 Å². The van der Waals surface area contributed by atoms with Gasteiger partial charge in [0.05, 0.1) is 6.07 Å². The van der Waals surface area contributed by atoms with Crippen molar-refractivity contribution in [1.29, 1.82) is 5.26 Å². The zero-order valence-electron chi connectivity index (χ0n) is 9.04. The molecular weight excluding hydrogens is 188 g/mol. The second kappa shape index (κ2) is 4.65. The summed E-state index contributed by atoms with van der Waals surface area (Å²) in [6.07, 6.45) is 7.73. The van der Waals surface area contributed by atoms with Crippen LogP contribution in [0.15, 0.2) is 0 Å². The van der Waals surface area contributed by atoms with Gasteiger partial charge in [-0.15, -0.1) is 0 Å². The van der Waals surface area contributed by atoms with Crippen LogP contribution in [0, 0.1) is 29.1 Å². The van der Waals surface area contributed by atoms with Gasteiger partial charge in [0.15, 0.2) is 0 Å². The summed E-state index contributed by atoms with van der Waals surface area (Å²) in [5.74, 6) is 1.74. The summed E-state index contributed by atoms with van der Waals surface area (Å²) in [7, 11) is 0. The SMILES string of the molecule is N#CCNC(=O)[C@H]1C[C@@H]1C1CCCCC1. The van der Waals surface area contributed by atoms with Gasteiger partial charge in [0.25, 0.3) is 0 Å². The van der Waals surface area contributed by atoms with Crippen LogP contribution in [0.4, 0.5) is 0 Å². The molecule has 2 aliphatic rings. The monoisotopic (exact) mass is 206 g/mol. The molecule has 0 bridgehead atoms. The third-order valence-electron chi connectivity index (χ3n) is 3.77. The maximum absolute atomic E-state index is 11.6. The van der Waals surface area contributed by atoms with Gasteiger partial charge in [0.2, 0.25) is 5.91 Å². The van der Waals surface area contributed by atoms with Gasteiger partial charge < -0.3 is 5.32 Å². The predicted octanol–water partition coefficient (Wildman–Crippen LogP) is 1.84. The second-order valence-electron chi connectivity index (χ2n) is 4.78. The van der Waals surface area contributed by atoms with E-state index in [9.17, 15) is 4.79 Å². The third kappa shape index (κ3) is 2.50. The molecule has 0 aromatic carbocycles. The smallest absolute Gasteiger partial charge is 0.224 e.